The molecule has 1 aromatic carbocycles. The summed E-state index contributed by atoms with van der Waals surface area (Å²) in [6.07, 6.45) is 0.140. The lowest BCUT2D eigenvalue weighted by Crippen LogP contribution is -2.29. The van der Waals surface area contributed by atoms with E-state index >= 15 is 0 Å². The fourth-order valence-electron chi connectivity index (χ4n) is 2.04. The van der Waals surface area contributed by atoms with Crippen LogP contribution < -0.4 is 5.32 Å². The van der Waals surface area contributed by atoms with Crippen LogP contribution in [0.2, 0.25) is 5.02 Å². The summed E-state index contributed by atoms with van der Waals surface area (Å²) in [6.45, 7) is 3.62. The van der Waals surface area contributed by atoms with Gasteiger partial charge in [0.2, 0.25) is 0 Å². The minimum Gasteiger partial charge on any atom is -0.465 e. The van der Waals surface area contributed by atoms with Gasteiger partial charge in [-0.2, -0.15) is 0 Å². The zero-order valence-corrected chi connectivity index (χ0v) is 12.9. The van der Waals surface area contributed by atoms with Gasteiger partial charge in [-0.15, -0.1) is 0 Å². The van der Waals surface area contributed by atoms with Crippen LogP contribution in [-0.2, 0) is 5.41 Å². The molecule has 2 aromatic rings. The summed E-state index contributed by atoms with van der Waals surface area (Å²) in [4.78, 5) is 27.2. The Morgan fingerprint density at radius 2 is 1.77 bits per heavy atom. The summed E-state index contributed by atoms with van der Waals surface area (Å²) < 4.78 is 0. The molecule has 0 fully saturated rings. The number of carbonyl (C=O) groups is 2. The summed E-state index contributed by atoms with van der Waals surface area (Å²) in [5.41, 5.74) is 0.653. The standard InChI is InChI=1S/C16H15ClN2O3/c1-16(2,10-3-5-11(17)6-4-10)14(20)13-8-7-12(9-18-13)19-15(21)22/h3-9,19H,1-2H3,(H,21,22). The smallest absolute Gasteiger partial charge is 0.409 e. The van der Waals surface area contributed by atoms with Crippen molar-refractivity contribution in [1.29, 1.82) is 0 Å². The number of rotatable bonds is 4. The van der Waals surface area contributed by atoms with Gasteiger partial charge in [0, 0.05) is 5.02 Å². The number of hydrogen-bond acceptors (Lipinski definition) is 3. The Morgan fingerprint density at radius 1 is 1.14 bits per heavy atom. The summed E-state index contributed by atoms with van der Waals surface area (Å²) in [5.74, 6) is -0.156. The molecule has 1 heterocycles. The number of ketones is 1. The highest BCUT2D eigenvalue weighted by Crippen LogP contribution is 2.28. The SMILES string of the molecule is CC(C)(C(=O)c1ccc(NC(=O)O)cn1)c1ccc(Cl)cc1. The predicted octanol–water partition coefficient (Wildman–Crippen LogP) is 3.99. The van der Waals surface area contributed by atoms with E-state index in [4.69, 9.17) is 16.7 Å². The molecule has 0 spiro atoms. The largest absolute Gasteiger partial charge is 0.465 e. The first-order chi connectivity index (χ1) is 10.3. The van der Waals surface area contributed by atoms with Crippen molar-refractivity contribution in [3.8, 4) is 0 Å². The third kappa shape index (κ3) is 3.43. The molecule has 0 aliphatic carbocycles. The van der Waals surface area contributed by atoms with Gasteiger partial charge in [0.15, 0.2) is 5.78 Å². The summed E-state index contributed by atoms with van der Waals surface area (Å²) in [5, 5.41) is 11.4. The van der Waals surface area contributed by atoms with Crippen LogP contribution in [-0.4, -0.2) is 22.0 Å². The molecule has 0 aliphatic rings. The van der Waals surface area contributed by atoms with Crippen LogP contribution in [0.15, 0.2) is 42.6 Å². The number of aromatic nitrogens is 1. The van der Waals surface area contributed by atoms with Crippen LogP contribution in [0.5, 0.6) is 0 Å². The summed E-state index contributed by atoms with van der Waals surface area (Å²) in [6, 6.07) is 10.1. The fourth-order valence-corrected chi connectivity index (χ4v) is 2.17. The predicted molar refractivity (Wildman–Crippen MR) is 84.7 cm³/mol. The Kier molecular flexibility index (Phi) is 4.47. The molecule has 2 rings (SSSR count). The fraction of sp³-hybridized carbons (Fsp3) is 0.188. The number of Topliss-reactive ketones (excluding diaryl/α,β-unsaturated/α-hetero) is 1. The molecule has 0 radical (unpaired) electrons. The van der Waals surface area contributed by atoms with Crippen molar-refractivity contribution in [2.45, 2.75) is 19.3 Å². The van der Waals surface area contributed by atoms with Crippen LogP contribution in [0.4, 0.5) is 10.5 Å². The van der Waals surface area contributed by atoms with Crippen LogP contribution in [0.1, 0.15) is 29.9 Å². The third-order valence-corrected chi connectivity index (χ3v) is 3.63. The Balaban J connectivity index is 2.26. The minimum atomic E-state index is -1.18. The molecule has 5 nitrogen and oxygen atoms in total. The highest BCUT2D eigenvalue weighted by atomic mass is 35.5. The second kappa shape index (κ2) is 6.15. The average molecular weight is 319 g/mol. The van der Waals surface area contributed by atoms with Gasteiger partial charge in [-0.05, 0) is 43.7 Å². The van der Waals surface area contributed by atoms with E-state index in [1.54, 1.807) is 24.3 Å². The third-order valence-electron chi connectivity index (χ3n) is 3.38. The molecule has 1 aromatic heterocycles. The maximum atomic E-state index is 12.7. The number of nitrogens with zero attached hydrogens (tertiary/aromatic N) is 1. The van der Waals surface area contributed by atoms with Crippen molar-refractivity contribution in [2.24, 2.45) is 0 Å². The van der Waals surface area contributed by atoms with E-state index in [1.807, 2.05) is 13.8 Å². The van der Waals surface area contributed by atoms with Gasteiger partial charge in [-0.1, -0.05) is 23.7 Å². The Labute approximate surface area is 133 Å². The van der Waals surface area contributed by atoms with Gasteiger partial charge in [0.1, 0.15) is 5.69 Å². The normalized spacial score (nSPS) is 11.0. The maximum absolute atomic E-state index is 12.7. The van der Waals surface area contributed by atoms with Crippen molar-refractivity contribution in [3.63, 3.8) is 0 Å². The number of carboxylic acid groups (broad SMARTS) is 1. The molecule has 0 bridgehead atoms. The highest BCUT2D eigenvalue weighted by Gasteiger charge is 2.31. The van der Waals surface area contributed by atoms with Crippen molar-refractivity contribution >= 4 is 29.2 Å². The van der Waals surface area contributed by atoms with Gasteiger partial charge in [0.25, 0.3) is 0 Å². The number of anilines is 1. The second-order valence-corrected chi connectivity index (χ2v) is 5.76. The molecule has 0 unspecified atom stereocenters. The van der Waals surface area contributed by atoms with E-state index < -0.39 is 11.5 Å². The van der Waals surface area contributed by atoms with Gasteiger partial charge in [0.05, 0.1) is 17.3 Å². The van der Waals surface area contributed by atoms with Gasteiger partial charge < -0.3 is 5.11 Å². The molecule has 0 saturated heterocycles. The molecular weight excluding hydrogens is 304 g/mol. The molecule has 1 amide bonds. The topological polar surface area (TPSA) is 79.3 Å². The molecule has 6 heteroatoms. The van der Waals surface area contributed by atoms with E-state index in [9.17, 15) is 9.59 Å². The van der Waals surface area contributed by atoms with E-state index in [1.165, 1.54) is 18.3 Å². The van der Waals surface area contributed by atoms with Gasteiger partial charge >= 0.3 is 6.09 Å². The zero-order valence-electron chi connectivity index (χ0n) is 12.1. The number of hydrogen-bond donors (Lipinski definition) is 2. The number of amides is 1. The number of pyridine rings is 1. The first-order valence-corrected chi connectivity index (χ1v) is 6.95. The lowest BCUT2D eigenvalue weighted by Gasteiger charge is -2.23. The maximum Gasteiger partial charge on any atom is 0.409 e. The Hall–Kier alpha value is -2.40. The Bertz CT molecular complexity index is 694. The van der Waals surface area contributed by atoms with Crippen LogP contribution in [0.25, 0.3) is 0 Å². The van der Waals surface area contributed by atoms with Crippen LogP contribution in [0.3, 0.4) is 0 Å². The lowest BCUT2D eigenvalue weighted by atomic mass is 9.79. The molecule has 0 atom stereocenters. The quantitative estimate of drug-likeness (QED) is 0.835. The van der Waals surface area contributed by atoms with E-state index in [2.05, 4.69) is 10.3 Å². The molecular formula is C16H15ClN2O3. The second-order valence-electron chi connectivity index (χ2n) is 5.32. The zero-order chi connectivity index (χ0) is 16.3. The Morgan fingerprint density at radius 3 is 2.27 bits per heavy atom. The van der Waals surface area contributed by atoms with E-state index in [0.717, 1.165) is 5.56 Å². The van der Waals surface area contributed by atoms with Crippen molar-refractivity contribution in [2.75, 3.05) is 5.32 Å². The van der Waals surface area contributed by atoms with Crippen LogP contribution >= 0.6 is 11.6 Å². The van der Waals surface area contributed by atoms with Crippen molar-refractivity contribution in [1.82, 2.24) is 4.98 Å². The van der Waals surface area contributed by atoms with Gasteiger partial charge in [-0.3, -0.25) is 15.1 Å². The van der Waals surface area contributed by atoms with Gasteiger partial charge in [-0.25, -0.2) is 4.79 Å². The summed E-state index contributed by atoms with van der Waals surface area (Å²) in [7, 11) is 0. The van der Waals surface area contributed by atoms with Crippen LogP contribution in [0, 0.1) is 0 Å². The highest BCUT2D eigenvalue weighted by molar-refractivity contribution is 6.30. The van der Waals surface area contributed by atoms with E-state index in [-0.39, 0.29) is 11.5 Å². The number of nitrogens with one attached hydrogen (secondary N) is 1. The number of benzene rings is 1. The average Bonchev–Trinajstić information content (AvgIpc) is 2.47. The molecule has 0 saturated carbocycles. The number of carbonyl (C=O) groups excluding carboxylic acids is 1. The summed E-state index contributed by atoms with van der Waals surface area (Å²) >= 11 is 5.87. The lowest BCUT2D eigenvalue weighted by molar-refractivity contribution is 0.0903. The molecule has 0 aliphatic heterocycles. The van der Waals surface area contributed by atoms with Crippen molar-refractivity contribution < 1.29 is 14.7 Å². The minimum absolute atomic E-state index is 0.156. The monoisotopic (exact) mass is 318 g/mol. The van der Waals surface area contributed by atoms with E-state index in [0.29, 0.717) is 10.7 Å². The first-order valence-electron chi connectivity index (χ1n) is 6.57. The molecule has 22 heavy (non-hydrogen) atoms. The molecule has 114 valence electrons. The molecule has 2 N–H and O–H groups in total. The first kappa shape index (κ1) is 16.0. The van der Waals surface area contributed by atoms with Crippen molar-refractivity contribution in [3.05, 3.63) is 58.9 Å². The number of halogens is 1.